The fourth-order valence-corrected chi connectivity index (χ4v) is 2.31. The molecule has 0 bridgehead atoms. The van der Waals surface area contributed by atoms with Crippen molar-refractivity contribution in [3.63, 3.8) is 0 Å². The van der Waals surface area contributed by atoms with E-state index in [2.05, 4.69) is 5.32 Å². The number of primary amides is 1. The summed E-state index contributed by atoms with van der Waals surface area (Å²) in [5.41, 5.74) is 5.54. The van der Waals surface area contributed by atoms with Crippen LogP contribution in [0.2, 0.25) is 0 Å². The molecule has 3 rings (SSSR count). The molecule has 0 radical (unpaired) electrons. The lowest BCUT2D eigenvalue weighted by atomic mass is 10.2. The van der Waals surface area contributed by atoms with Gasteiger partial charge in [-0.05, 0) is 36.4 Å². The Hall–Kier alpha value is -3.22. The van der Waals surface area contributed by atoms with Crippen molar-refractivity contribution in [2.45, 2.75) is 6.10 Å². The summed E-state index contributed by atoms with van der Waals surface area (Å²) in [5, 5.41) is 2.74. The van der Waals surface area contributed by atoms with Crippen molar-refractivity contribution in [1.29, 1.82) is 0 Å². The average Bonchev–Trinajstić information content (AvgIpc) is 2.65. The van der Waals surface area contributed by atoms with Gasteiger partial charge in [0.25, 0.3) is 5.91 Å². The Bertz CT molecular complexity index is 760. The van der Waals surface area contributed by atoms with E-state index in [1.54, 1.807) is 24.3 Å². The molecule has 130 valence electrons. The molecule has 0 saturated carbocycles. The first-order valence-electron chi connectivity index (χ1n) is 7.79. The molecule has 1 aliphatic rings. The number of carbonyl (C=O) groups excluding carboxylic acids is 2. The van der Waals surface area contributed by atoms with Gasteiger partial charge in [0.05, 0.1) is 6.54 Å². The Kier molecular flexibility index (Phi) is 5.03. The van der Waals surface area contributed by atoms with Crippen molar-refractivity contribution in [3.05, 3.63) is 54.1 Å². The van der Waals surface area contributed by atoms with E-state index in [4.69, 9.17) is 19.9 Å². The van der Waals surface area contributed by atoms with Gasteiger partial charge in [-0.1, -0.05) is 12.1 Å². The number of carbonyl (C=O) groups is 2. The van der Waals surface area contributed by atoms with Crippen LogP contribution in [0.15, 0.2) is 48.5 Å². The van der Waals surface area contributed by atoms with E-state index >= 15 is 0 Å². The quantitative estimate of drug-likeness (QED) is 0.819. The van der Waals surface area contributed by atoms with Crippen LogP contribution in [0.1, 0.15) is 10.4 Å². The lowest BCUT2D eigenvalue weighted by Gasteiger charge is -2.26. The predicted molar refractivity (Wildman–Crippen MR) is 89.8 cm³/mol. The van der Waals surface area contributed by atoms with Crippen LogP contribution in [-0.2, 0) is 4.79 Å². The van der Waals surface area contributed by atoms with Gasteiger partial charge in [0.2, 0.25) is 5.91 Å². The molecular weight excluding hydrogens is 324 g/mol. The van der Waals surface area contributed by atoms with Crippen LogP contribution in [-0.4, -0.2) is 37.7 Å². The zero-order chi connectivity index (χ0) is 17.6. The first-order valence-corrected chi connectivity index (χ1v) is 7.79. The minimum atomic E-state index is -0.513. The second-order valence-electron chi connectivity index (χ2n) is 5.48. The fourth-order valence-electron chi connectivity index (χ4n) is 2.31. The van der Waals surface area contributed by atoms with E-state index < -0.39 is 5.91 Å². The Morgan fingerprint density at radius 2 is 1.84 bits per heavy atom. The number of nitrogens with two attached hydrogens (primary N) is 1. The molecule has 0 unspecified atom stereocenters. The third-order valence-electron chi connectivity index (χ3n) is 3.60. The lowest BCUT2D eigenvalue weighted by molar-refractivity contribution is -0.123. The molecule has 25 heavy (non-hydrogen) atoms. The number of hydrogen-bond acceptors (Lipinski definition) is 5. The summed E-state index contributed by atoms with van der Waals surface area (Å²) >= 11 is 0. The van der Waals surface area contributed by atoms with Crippen LogP contribution < -0.4 is 25.3 Å². The number of amides is 2. The number of nitrogens with one attached hydrogen (secondary N) is 1. The molecule has 1 aliphatic heterocycles. The summed E-state index contributed by atoms with van der Waals surface area (Å²) in [6.07, 6.45) is -0.256. The minimum Gasteiger partial charge on any atom is -0.486 e. The highest BCUT2D eigenvalue weighted by Crippen LogP contribution is 2.30. The number of ether oxygens (including phenoxy) is 3. The van der Waals surface area contributed by atoms with Gasteiger partial charge in [-0.3, -0.25) is 9.59 Å². The average molecular weight is 342 g/mol. The number of hydrogen-bond donors (Lipinski definition) is 2. The summed E-state index contributed by atoms with van der Waals surface area (Å²) < 4.78 is 16.7. The maximum Gasteiger partial charge on any atom is 0.258 e. The summed E-state index contributed by atoms with van der Waals surface area (Å²) in [5.74, 6) is 1.06. The lowest BCUT2D eigenvalue weighted by Crippen LogP contribution is -2.42. The van der Waals surface area contributed by atoms with E-state index in [0.29, 0.717) is 36.0 Å². The van der Waals surface area contributed by atoms with Crippen LogP contribution in [0.5, 0.6) is 17.2 Å². The van der Waals surface area contributed by atoms with Crippen molar-refractivity contribution >= 4 is 11.8 Å². The standard InChI is InChI=1S/C18H18N2O5/c19-18(22)12-5-7-13(8-6-12)23-11-17(21)20-9-14-10-24-15-3-1-2-4-16(15)25-14/h1-8,14H,9-11H2,(H2,19,22)(H,20,21)/t14-/m1/s1. The largest absolute Gasteiger partial charge is 0.486 e. The van der Waals surface area contributed by atoms with E-state index in [-0.39, 0.29) is 18.6 Å². The maximum absolute atomic E-state index is 11.9. The van der Waals surface area contributed by atoms with Gasteiger partial charge < -0.3 is 25.3 Å². The van der Waals surface area contributed by atoms with Gasteiger partial charge in [0, 0.05) is 5.56 Å². The fraction of sp³-hybridized carbons (Fsp3) is 0.222. The monoisotopic (exact) mass is 342 g/mol. The molecule has 0 aromatic heterocycles. The minimum absolute atomic E-state index is 0.139. The first kappa shape index (κ1) is 16.6. The van der Waals surface area contributed by atoms with Crippen LogP contribution in [0.25, 0.3) is 0 Å². The second-order valence-corrected chi connectivity index (χ2v) is 5.48. The Morgan fingerprint density at radius 1 is 1.12 bits per heavy atom. The molecule has 3 N–H and O–H groups in total. The van der Waals surface area contributed by atoms with Crippen LogP contribution in [0, 0.1) is 0 Å². The molecule has 0 saturated heterocycles. The SMILES string of the molecule is NC(=O)c1ccc(OCC(=O)NC[C@@H]2COc3ccccc3O2)cc1. The Labute approximate surface area is 144 Å². The molecule has 2 amide bonds. The molecule has 0 aliphatic carbocycles. The van der Waals surface area contributed by atoms with Crippen molar-refractivity contribution in [1.82, 2.24) is 5.32 Å². The van der Waals surface area contributed by atoms with E-state index in [1.165, 1.54) is 0 Å². The molecule has 0 spiro atoms. The topological polar surface area (TPSA) is 99.9 Å². The summed E-state index contributed by atoms with van der Waals surface area (Å²) in [4.78, 5) is 22.9. The molecule has 1 heterocycles. The number of fused-ring (bicyclic) bond motifs is 1. The molecule has 2 aromatic carbocycles. The van der Waals surface area contributed by atoms with Gasteiger partial charge in [0.1, 0.15) is 18.5 Å². The van der Waals surface area contributed by atoms with E-state index in [1.807, 2.05) is 24.3 Å². The summed E-state index contributed by atoms with van der Waals surface area (Å²) in [6, 6.07) is 13.6. The van der Waals surface area contributed by atoms with Crippen LogP contribution >= 0.6 is 0 Å². The van der Waals surface area contributed by atoms with Gasteiger partial charge in [-0.25, -0.2) is 0 Å². The smallest absolute Gasteiger partial charge is 0.258 e. The Morgan fingerprint density at radius 3 is 2.56 bits per heavy atom. The van der Waals surface area contributed by atoms with Gasteiger partial charge in [-0.2, -0.15) is 0 Å². The Balaban J connectivity index is 1.42. The summed E-state index contributed by atoms with van der Waals surface area (Å²) in [6.45, 7) is 0.546. The van der Waals surface area contributed by atoms with Crippen molar-refractivity contribution < 1.29 is 23.8 Å². The second kappa shape index (κ2) is 7.57. The van der Waals surface area contributed by atoms with E-state index in [0.717, 1.165) is 0 Å². The normalized spacial score (nSPS) is 15.3. The molecule has 7 nitrogen and oxygen atoms in total. The molecule has 2 aromatic rings. The summed E-state index contributed by atoms with van der Waals surface area (Å²) in [7, 11) is 0. The van der Waals surface area contributed by atoms with Gasteiger partial charge in [0.15, 0.2) is 18.1 Å². The number of para-hydroxylation sites is 2. The third-order valence-corrected chi connectivity index (χ3v) is 3.60. The van der Waals surface area contributed by atoms with Crippen LogP contribution in [0.3, 0.4) is 0 Å². The van der Waals surface area contributed by atoms with Crippen molar-refractivity contribution in [2.75, 3.05) is 19.8 Å². The third kappa shape index (κ3) is 4.41. The highest BCUT2D eigenvalue weighted by Gasteiger charge is 2.21. The predicted octanol–water partition coefficient (Wildman–Crippen LogP) is 1.12. The van der Waals surface area contributed by atoms with Crippen LogP contribution in [0.4, 0.5) is 0 Å². The maximum atomic E-state index is 11.9. The molecule has 1 atom stereocenters. The van der Waals surface area contributed by atoms with Crippen molar-refractivity contribution in [2.24, 2.45) is 5.73 Å². The van der Waals surface area contributed by atoms with E-state index in [9.17, 15) is 9.59 Å². The highest BCUT2D eigenvalue weighted by atomic mass is 16.6. The number of benzene rings is 2. The van der Waals surface area contributed by atoms with Gasteiger partial charge in [-0.15, -0.1) is 0 Å². The highest BCUT2D eigenvalue weighted by molar-refractivity contribution is 5.92. The first-order chi connectivity index (χ1) is 12.1. The number of rotatable bonds is 6. The molecule has 7 heteroatoms. The molecule has 0 fully saturated rings. The zero-order valence-corrected chi connectivity index (χ0v) is 13.4. The van der Waals surface area contributed by atoms with Crippen molar-refractivity contribution in [3.8, 4) is 17.2 Å². The van der Waals surface area contributed by atoms with Gasteiger partial charge >= 0.3 is 0 Å². The molecular formula is C18H18N2O5. The zero-order valence-electron chi connectivity index (χ0n) is 13.4.